The van der Waals surface area contributed by atoms with E-state index in [9.17, 15) is 9.59 Å². The van der Waals surface area contributed by atoms with Gasteiger partial charge in [-0.3, -0.25) is 14.5 Å². The molecule has 1 atom stereocenters. The highest BCUT2D eigenvalue weighted by Gasteiger charge is 2.33. The minimum Gasteiger partial charge on any atom is -0.338 e. The van der Waals surface area contributed by atoms with E-state index in [4.69, 9.17) is 0 Å². The van der Waals surface area contributed by atoms with Gasteiger partial charge in [0.1, 0.15) is 0 Å². The topological polar surface area (TPSA) is 55.9 Å². The maximum absolute atomic E-state index is 12.4. The molecule has 0 aromatic heterocycles. The highest BCUT2D eigenvalue weighted by molar-refractivity contribution is 5.85. The maximum Gasteiger partial charge on any atom is 0.240 e. The molecule has 0 aromatic carbocycles. The molecular formula is C13H25ClN4O2. The van der Waals surface area contributed by atoms with Crippen molar-refractivity contribution in [1.29, 1.82) is 0 Å². The summed E-state index contributed by atoms with van der Waals surface area (Å²) < 4.78 is 0. The summed E-state index contributed by atoms with van der Waals surface area (Å²) in [7, 11) is 3.79. The Morgan fingerprint density at radius 2 is 1.70 bits per heavy atom. The zero-order valence-electron chi connectivity index (χ0n) is 12.3. The molecule has 2 heterocycles. The van der Waals surface area contributed by atoms with Gasteiger partial charge >= 0.3 is 0 Å². The zero-order valence-corrected chi connectivity index (χ0v) is 13.1. The van der Waals surface area contributed by atoms with Gasteiger partial charge in [0.15, 0.2) is 0 Å². The maximum atomic E-state index is 12.4. The fraction of sp³-hybridized carbons (Fsp3) is 0.846. The van der Waals surface area contributed by atoms with E-state index in [2.05, 4.69) is 10.2 Å². The van der Waals surface area contributed by atoms with Gasteiger partial charge in [0, 0.05) is 26.2 Å². The number of hydrogen-bond donors (Lipinski definition) is 1. The van der Waals surface area contributed by atoms with Crippen molar-refractivity contribution in [2.75, 3.05) is 53.4 Å². The van der Waals surface area contributed by atoms with E-state index < -0.39 is 0 Å². The summed E-state index contributed by atoms with van der Waals surface area (Å²) in [6.45, 7) is 4.03. The molecule has 1 N–H and O–H groups in total. The number of likely N-dealkylation sites (N-methyl/N-ethyl adjacent to an activating group) is 2. The molecule has 0 aliphatic carbocycles. The second-order valence-corrected chi connectivity index (χ2v) is 5.38. The van der Waals surface area contributed by atoms with Crippen LogP contribution in [0.15, 0.2) is 0 Å². The average molecular weight is 305 g/mol. The number of carbonyl (C=O) groups is 2. The lowest BCUT2D eigenvalue weighted by atomic mass is 10.1. The molecular weight excluding hydrogens is 280 g/mol. The van der Waals surface area contributed by atoms with Crippen molar-refractivity contribution in [3.63, 3.8) is 0 Å². The predicted molar refractivity (Wildman–Crippen MR) is 80.0 cm³/mol. The van der Waals surface area contributed by atoms with Gasteiger partial charge in [0.2, 0.25) is 11.8 Å². The fourth-order valence-corrected chi connectivity index (χ4v) is 2.87. The van der Waals surface area contributed by atoms with E-state index in [-0.39, 0.29) is 30.3 Å². The molecule has 0 bridgehead atoms. The monoisotopic (exact) mass is 304 g/mol. The molecule has 0 radical (unpaired) electrons. The van der Waals surface area contributed by atoms with Gasteiger partial charge in [-0.05, 0) is 33.5 Å². The molecule has 2 fully saturated rings. The average Bonchev–Trinajstić information content (AvgIpc) is 2.84. The quantitative estimate of drug-likeness (QED) is 0.756. The van der Waals surface area contributed by atoms with E-state index in [1.165, 1.54) is 0 Å². The Bertz CT molecular complexity index is 345. The normalized spacial score (nSPS) is 23.6. The minimum absolute atomic E-state index is 0. The Kier molecular flexibility index (Phi) is 6.71. The van der Waals surface area contributed by atoms with Crippen molar-refractivity contribution < 1.29 is 9.59 Å². The molecule has 7 heteroatoms. The molecule has 2 aliphatic rings. The number of piperazine rings is 1. The third kappa shape index (κ3) is 3.84. The Labute approximate surface area is 126 Å². The lowest BCUT2D eigenvalue weighted by molar-refractivity contribution is -0.141. The predicted octanol–water partition coefficient (Wildman–Crippen LogP) is -0.607. The standard InChI is InChI=1S/C13H24N4O2.ClH/c1-14-10-12(18)16-6-8-17(9-7-16)13(19)11-4-3-5-15(11)2;/h11,14H,3-10H2,1-2H3;1H. The highest BCUT2D eigenvalue weighted by atomic mass is 35.5. The Morgan fingerprint density at radius 1 is 1.10 bits per heavy atom. The molecule has 20 heavy (non-hydrogen) atoms. The molecule has 2 rings (SSSR count). The largest absolute Gasteiger partial charge is 0.338 e. The van der Waals surface area contributed by atoms with Crippen LogP contribution in [-0.2, 0) is 9.59 Å². The fourth-order valence-electron chi connectivity index (χ4n) is 2.87. The highest BCUT2D eigenvalue weighted by Crippen LogP contribution is 2.18. The van der Waals surface area contributed by atoms with Gasteiger partial charge < -0.3 is 15.1 Å². The Balaban J connectivity index is 0.00000200. The molecule has 0 saturated carbocycles. The number of carbonyl (C=O) groups excluding carboxylic acids is 2. The van der Waals surface area contributed by atoms with E-state index in [1.54, 1.807) is 7.05 Å². The summed E-state index contributed by atoms with van der Waals surface area (Å²) in [6.07, 6.45) is 2.07. The van der Waals surface area contributed by atoms with Crippen molar-refractivity contribution in [1.82, 2.24) is 20.0 Å². The minimum atomic E-state index is 0. The zero-order chi connectivity index (χ0) is 13.8. The first-order valence-corrected chi connectivity index (χ1v) is 7.05. The first kappa shape index (κ1) is 17.2. The van der Waals surface area contributed by atoms with Crippen LogP contribution in [0.2, 0.25) is 0 Å². The second-order valence-electron chi connectivity index (χ2n) is 5.38. The van der Waals surface area contributed by atoms with Crippen LogP contribution >= 0.6 is 12.4 Å². The summed E-state index contributed by atoms with van der Waals surface area (Å²) >= 11 is 0. The molecule has 0 aromatic rings. The lowest BCUT2D eigenvalue weighted by Gasteiger charge is -2.36. The number of likely N-dealkylation sites (tertiary alicyclic amines) is 1. The number of nitrogens with one attached hydrogen (secondary N) is 1. The Hall–Kier alpha value is -0.850. The Morgan fingerprint density at radius 3 is 2.20 bits per heavy atom. The molecule has 2 aliphatic heterocycles. The summed E-state index contributed by atoms with van der Waals surface area (Å²) in [5.74, 6) is 0.355. The van der Waals surface area contributed by atoms with Crippen LogP contribution in [-0.4, -0.2) is 85.9 Å². The first-order chi connectivity index (χ1) is 9.13. The molecule has 0 spiro atoms. The van der Waals surface area contributed by atoms with Crippen LogP contribution in [0.3, 0.4) is 0 Å². The van der Waals surface area contributed by atoms with E-state index >= 15 is 0 Å². The number of hydrogen-bond acceptors (Lipinski definition) is 4. The molecule has 6 nitrogen and oxygen atoms in total. The smallest absolute Gasteiger partial charge is 0.240 e. The lowest BCUT2D eigenvalue weighted by Crippen LogP contribution is -2.55. The number of nitrogens with zero attached hydrogens (tertiary/aromatic N) is 3. The van der Waals surface area contributed by atoms with Crippen LogP contribution in [0.5, 0.6) is 0 Å². The van der Waals surface area contributed by atoms with Gasteiger partial charge in [-0.15, -0.1) is 12.4 Å². The molecule has 1 unspecified atom stereocenters. The van der Waals surface area contributed by atoms with Crippen LogP contribution in [0.1, 0.15) is 12.8 Å². The van der Waals surface area contributed by atoms with Crippen molar-refractivity contribution in [3.8, 4) is 0 Å². The number of rotatable bonds is 3. The van der Waals surface area contributed by atoms with Gasteiger partial charge in [-0.25, -0.2) is 0 Å². The second kappa shape index (κ2) is 7.81. The summed E-state index contributed by atoms with van der Waals surface area (Å²) in [5.41, 5.74) is 0. The first-order valence-electron chi connectivity index (χ1n) is 7.05. The molecule has 2 saturated heterocycles. The third-order valence-corrected chi connectivity index (χ3v) is 4.08. The van der Waals surface area contributed by atoms with E-state index in [1.807, 2.05) is 16.8 Å². The summed E-state index contributed by atoms with van der Waals surface area (Å²) in [5, 5.41) is 2.87. The van der Waals surface area contributed by atoms with Crippen LogP contribution in [0.25, 0.3) is 0 Å². The molecule has 116 valence electrons. The van der Waals surface area contributed by atoms with Gasteiger partial charge in [0.25, 0.3) is 0 Å². The van der Waals surface area contributed by atoms with E-state index in [0.717, 1.165) is 19.4 Å². The van der Waals surface area contributed by atoms with Crippen LogP contribution < -0.4 is 5.32 Å². The van der Waals surface area contributed by atoms with E-state index in [0.29, 0.717) is 32.7 Å². The summed E-state index contributed by atoms with van der Waals surface area (Å²) in [4.78, 5) is 30.0. The summed E-state index contributed by atoms with van der Waals surface area (Å²) in [6, 6.07) is 0.0551. The van der Waals surface area contributed by atoms with Crippen LogP contribution in [0, 0.1) is 0 Å². The number of amides is 2. The third-order valence-electron chi connectivity index (χ3n) is 4.08. The number of halogens is 1. The van der Waals surface area contributed by atoms with Gasteiger partial charge in [-0.1, -0.05) is 0 Å². The van der Waals surface area contributed by atoms with Crippen molar-refractivity contribution in [2.24, 2.45) is 0 Å². The van der Waals surface area contributed by atoms with Gasteiger partial charge in [-0.2, -0.15) is 0 Å². The SMILES string of the molecule is CNCC(=O)N1CCN(C(=O)C2CCCN2C)CC1.Cl. The molecule has 2 amide bonds. The van der Waals surface area contributed by atoms with Crippen molar-refractivity contribution >= 4 is 24.2 Å². The van der Waals surface area contributed by atoms with Crippen molar-refractivity contribution in [3.05, 3.63) is 0 Å². The van der Waals surface area contributed by atoms with Crippen LogP contribution in [0.4, 0.5) is 0 Å². The van der Waals surface area contributed by atoms with Gasteiger partial charge in [0.05, 0.1) is 12.6 Å². The van der Waals surface area contributed by atoms with Crippen molar-refractivity contribution in [2.45, 2.75) is 18.9 Å².